The third-order valence-corrected chi connectivity index (χ3v) is 1.46. The Morgan fingerprint density at radius 2 is 2.09 bits per heavy atom. The molecule has 0 fully saturated rings. The Morgan fingerprint density at radius 3 is 2.55 bits per heavy atom. The standard InChI is InChI=1S/C8H8N2O/c1-8(11,6-9)7-2-4-10-5-3-7/h2-5,11H,1H3/t8-/m0/s1. The number of hydrogen-bond acceptors (Lipinski definition) is 3. The van der Waals surface area contributed by atoms with Gasteiger partial charge in [0.2, 0.25) is 0 Å². The SMILES string of the molecule is C[C@](O)(C#N)c1ccncc1. The zero-order valence-corrected chi connectivity index (χ0v) is 6.15. The summed E-state index contributed by atoms with van der Waals surface area (Å²) in [6.45, 7) is 1.45. The van der Waals surface area contributed by atoms with Crippen LogP contribution < -0.4 is 0 Å². The van der Waals surface area contributed by atoms with Crippen LogP contribution in [0.2, 0.25) is 0 Å². The molecule has 3 nitrogen and oxygen atoms in total. The number of hydrogen-bond donors (Lipinski definition) is 1. The molecule has 0 saturated carbocycles. The summed E-state index contributed by atoms with van der Waals surface area (Å²) in [5.41, 5.74) is -0.835. The largest absolute Gasteiger partial charge is 0.372 e. The van der Waals surface area contributed by atoms with Crippen LogP contribution in [0.1, 0.15) is 12.5 Å². The molecule has 0 unspecified atom stereocenters. The van der Waals surface area contributed by atoms with Crippen LogP contribution in [0, 0.1) is 11.3 Å². The first-order chi connectivity index (χ1) is 5.17. The van der Waals surface area contributed by atoms with Crippen LogP contribution in [0.15, 0.2) is 24.5 Å². The summed E-state index contributed by atoms with van der Waals surface area (Å²) in [6, 6.07) is 5.01. The van der Waals surface area contributed by atoms with Crippen molar-refractivity contribution < 1.29 is 5.11 Å². The van der Waals surface area contributed by atoms with E-state index in [-0.39, 0.29) is 0 Å². The van der Waals surface area contributed by atoms with Crippen molar-refractivity contribution in [1.29, 1.82) is 5.26 Å². The Bertz CT molecular complexity index is 274. The molecule has 0 aliphatic rings. The molecule has 0 aromatic carbocycles. The van der Waals surface area contributed by atoms with Gasteiger partial charge in [0.25, 0.3) is 0 Å². The number of rotatable bonds is 1. The van der Waals surface area contributed by atoms with E-state index in [9.17, 15) is 5.11 Å². The Hall–Kier alpha value is -1.40. The number of aliphatic hydroxyl groups is 1. The minimum Gasteiger partial charge on any atom is -0.372 e. The molecule has 11 heavy (non-hydrogen) atoms. The molecule has 1 rings (SSSR count). The van der Waals surface area contributed by atoms with E-state index in [0.717, 1.165) is 0 Å². The fourth-order valence-electron chi connectivity index (χ4n) is 0.741. The highest BCUT2D eigenvalue weighted by atomic mass is 16.3. The van der Waals surface area contributed by atoms with Crippen LogP contribution in [0.3, 0.4) is 0 Å². The predicted molar refractivity (Wildman–Crippen MR) is 39.4 cm³/mol. The lowest BCUT2D eigenvalue weighted by Gasteiger charge is -2.12. The average Bonchev–Trinajstić information content (AvgIpc) is 2.06. The number of pyridine rings is 1. The molecule has 1 heterocycles. The molecular weight excluding hydrogens is 140 g/mol. The van der Waals surface area contributed by atoms with Crippen molar-refractivity contribution in [2.24, 2.45) is 0 Å². The summed E-state index contributed by atoms with van der Waals surface area (Å²) in [6.07, 6.45) is 3.09. The van der Waals surface area contributed by atoms with Gasteiger partial charge in [0.05, 0.1) is 0 Å². The van der Waals surface area contributed by atoms with Crippen molar-refractivity contribution in [3.05, 3.63) is 30.1 Å². The maximum atomic E-state index is 9.41. The Labute approximate surface area is 64.9 Å². The summed E-state index contributed by atoms with van der Waals surface area (Å²) in [4.78, 5) is 3.77. The second-order valence-electron chi connectivity index (χ2n) is 2.42. The molecule has 0 spiro atoms. The Morgan fingerprint density at radius 1 is 1.55 bits per heavy atom. The first-order valence-corrected chi connectivity index (χ1v) is 3.21. The molecule has 0 amide bonds. The molecule has 1 atom stereocenters. The quantitative estimate of drug-likeness (QED) is 0.599. The summed E-state index contributed by atoms with van der Waals surface area (Å²) >= 11 is 0. The highest BCUT2D eigenvalue weighted by molar-refractivity contribution is 5.24. The molecule has 3 heteroatoms. The van der Waals surface area contributed by atoms with Crippen molar-refractivity contribution in [3.8, 4) is 6.07 Å². The predicted octanol–water partition coefficient (Wildman–Crippen LogP) is 0.813. The summed E-state index contributed by atoms with van der Waals surface area (Å²) in [5, 5.41) is 17.9. The molecule has 1 aromatic heterocycles. The van der Waals surface area contributed by atoms with Crippen molar-refractivity contribution in [3.63, 3.8) is 0 Å². The Balaban J connectivity index is 3.05. The van der Waals surface area contributed by atoms with Gasteiger partial charge in [-0.3, -0.25) is 4.98 Å². The average molecular weight is 148 g/mol. The maximum absolute atomic E-state index is 9.41. The van der Waals surface area contributed by atoms with E-state index in [1.54, 1.807) is 30.6 Å². The first kappa shape index (κ1) is 7.70. The number of nitriles is 1. The van der Waals surface area contributed by atoms with Crippen molar-refractivity contribution in [2.75, 3.05) is 0 Å². The monoisotopic (exact) mass is 148 g/mol. The normalized spacial score (nSPS) is 15.0. The first-order valence-electron chi connectivity index (χ1n) is 3.21. The molecule has 0 radical (unpaired) electrons. The van der Waals surface area contributed by atoms with Crippen LogP contribution in [0.4, 0.5) is 0 Å². The zero-order chi connectivity index (χ0) is 8.32. The van der Waals surface area contributed by atoms with E-state index >= 15 is 0 Å². The van der Waals surface area contributed by atoms with Gasteiger partial charge >= 0.3 is 0 Å². The summed E-state index contributed by atoms with van der Waals surface area (Å²) in [7, 11) is 0. The molecule has 1 N–H and O–H groups in total. The van der Waals surface area contributed by atoms with Crippen LogP contribution in [0.25, 0.3) is 0 Å². The van der Waals surface area contributed by atoms with Crippen molar-refractivity contribution in [2.45, 2.75) is 12.5 Å². The topological polar surface area (TPSA) is 56.9 Å². The molecule has 0 saturated heterocycles. The van der Waals surface area contributed by atoms with Gasteiger partial charge in [-0.05, 0) is 19.1 Å². The third kappa shape index (κ3) is 1.54. The smallest absolute Gasteiger partial charge is 0.173 e. The van der Waals surface area contributed by atoms with Gasteiger partial charge < -0.3 is 5.11 Å². The van der Waals surface area contributed by atoms with Crippen LogP contribution in [-0.2, 0) is 5.60 Å². The summed E-state index contributed by atoms with van der Waals surface area (Å²) in [5.74, 6) is 0. The van der Waals surface area contributed by atoms with Gasteiger partial charge in [-0.2, -0.15) is 5.26 Å². The molecule has 0 aliphatic heterocycles. The Kier molecular flexibility index (Phi) is 1.88. The van der Waals surface area contributed by atoms with E-state index in [2.05, 4.69) is 4.98 Å². The van der Waals surface area contributed by atoms with E-state index in [1.165, 1.54) is 6.92 Å². The van der Waals surface area contributed by atoms with Gasteiger partial charge in [0.1, 0.15) is 6.07 Å². The van der Waals surface area contributed by atoms with E-state index in [0.29, 0.717) is 5.56 Å². The van der Waals surface area contributed by atoms with Gasteiger partial charge in [0, 0.05) is 18.0 Å². The van der Waals surface area contributed by atoms with Gasteiger partial charge in [-0.25, -0.2) is 0 Å². The highest BCUT2D eigenvalue weighted by Crippen LogP contribution is 2.17. The van der Waals surface area contributed by atoms with Crippen molar-refractivity contribution in [1.82, 2.24) is 4.98 Å². The lowest BCUT2D eigenvalue weighted by molar-refractivity contribution is 0.119. The molecule has 0 aliphatic carbocycles. The molecule has 0 bridgehead atoms. The zero-order valence-electron chi connectivity index (χ0n) is 6.15. The lowest BCUT2D eigenvalue weighted by atomic mass is 10.00. The highest BCUT2D eigenvalue weighted by Gasteiger charge is 2.21. The van der Waals surface area contributed by atoms with Crippen LogP contribution in [0.5, 0.6) is 0 Å². The molecular formula is C8H8N2O. The fraction of sp³-hybridized carbons (Fsp3) is 0.250. The molecule has 1 aromatic rings. The van der Waals surface area contributed by atoms with E-state index in [4.69, 9.17) is 5.26 Å². The van der Waals surface area contributed by atoms with Crippen LogP contribution in [-0.4, -0.2) is 10.1 Å². The van der Waals surface area contributed by atoms with Crippen molar-refractivity contribution >= 4 is 0 Å². The second kappa shape index (κ2) is 2.69. The van der Waals surface area contributed by atoms with Gasteiger partial charge in [0.15, 0.2) is 5.60 Å². The van der Waals surface area contributed by atoms with E-state index < -0.39 is 5.60 Å². The van der Waals surface area contributed by atoms with Gasteiger partial charge in [-0.15, -0.1) is 0 Å². The van der Waals surface area contributed by atoms with Crippen LogP contribution >= 0.6 is 0 Å². The number of aromatic nitrogens is 1. The summed E-state index contributed by atoms with van der Waals surface area (Å²) < 4.78 is 0. The lowest BCUT2D eigenvalue weighted by Crippen LogP contribution is -2.17. The number of nitrogens with zero attached hydrogens (tertiary/aromatic N) is 2. The molecule has 56 valence electrons. The fourth-order valence-corrected chi connectivity index (χ4v) is 0.741. The third-order valence-electron chi connectivity index (χ3n) is 1.46. The minimum absolute atomic E-state index is 0.565. The van der Waals surface area contributed by atoms with Gasteiger partial charge in [-0.1, -0.05) is 0 Å². The minimum atomic E-state index is -1.40. The van der Waals surface area contributed by atoms with E-state index in [1.807, 2.05) is 0 Å². The second-order valence-corrected chi connectivity index (χ2v) is 2.42. The maximum Gasteiger partial charge on any atom is 0.173 e.